The number of aryl methyl sites for hydroxylation is 1. The Kier molecular flexibility index (Phi) is 4.74. The van der Waals surface area contributed by atoms with Crippen LogP contribution in [-0.4, -0.2) is 18.4 Å². The van der Waals surface area contributed by atoms with Crippen LogP contribution in [0.5, 0.6) is 0 Å². The molecule has 142 valence electrons. The maximum absolute atomic E-state index is 13.4. The van der Waals surface area contributed by atoms with Crippen molar-refractivity contribution in [3.05, 3.63) is 83.3 Å². The van der Waals surface area contributed by atoms with E-state index in [-0.39, 0.29) is 11.8 Å². The molecule has 0 fully saturated rings. The van der Waals surface area contributed by atoms with Crippen LogP contribution < -0.4 is 9.80 Å². The Hall–Kier alpha value is -3.34. The fourth-order valence-corrected chi connectivity index (χ4v) is 3.58. The molecule has 4 rings (SSSR count). The van der Waals surface area contributed by atoms with Crippen LogP contribution in [0.1, 0.15) is 34.2 Å². The summed E-state index contributed by atoms with van der Waals surface area (Å²) < 4.78 is 5.47. The highest BCUT2D eigenvalue weighted by molar-refractivity contribution is 6.06. The maximum atomic E-state index is 13.4. The molecule has 5 heteroatoms. The van der Waals surface area contributed by atoms with E-state index in [4.69, 9.17) is 4.42 Å². The topological polar surface area (TPSA) is 53.8 Å². The molecule has 0 N–H and O–H groups in total. The van der Waals surface area contributed by atoms with E-state index in [1.165, 1.54) is 0 Å². The van der Waals surface area contributed by atoms with Crippen molar-refractivity contribution in [3.63, 3.8) is 0 Å². The summed E-state index contributed by atoms with van der Waals surface area (Å²) in [5, 5.41) is 0. The number of fused-ring (bicyclic) bond motifs is 1. The van der Waals surface area contributed by atoms with Gasteiger partial charge < -0.3 is 14.2 Å². The zero-order valence-electron chi connectivity index (χ0n) is 16.0. The van der Waals surface area contributed by atoms with Crippen molar-refractivity contribution in [2.45, 2.75) is 26.8 Å². The molecule has 0 saturated heterocycles. The Morgan fingerprint density at radius 2 is 1.89 bits per heavy atom. The smallest absolute Gasteiger partial charge is 0.258 e. The summed E-state index contributed by atoms with van der Waals surface area (Å²) in [7, 11) is 0. The van der Waals surface area contributed by atoms with Gasteiger partial charge in [-0.25, -0.2) is 0 Å². The lowest BCUT2D eigenvalue weighted by Gasteiger charge is -2.23. The Balaban J connectivity index is 1.67. The minimum absolute atomic E-state index is 0.0249. The number of hydrogen-bond donors (Lipinski definition) is 0. The van der Waals surface area contributed by atoms with Crippen molar-refractivity contribution in [1.29, 1.82) is 0 Å². The van der Waals surface area contributed by atoms with E-state index in [1.54, 1.807) is 29.1 Å². The first kappa shape index (κ1) is 18.0. The molecule has 2 amide bonds. The van der Waals surface area contributed by atoms with E-state index in [2.05, 4.69) is 0 Å². The van der Waals surface area contributed by atoms with Gasteiger partial charge in [-0.2, -0.15) is 0 Å². The number of anilines is 2. The van der Waals surface area contributed by atoms with Gasteiger partial charge in [-0.05, 0) is 61.4 Å². The molecule has 3 aromatic rings. The highest BCUT2D eigenvalue weighted by Gasteiger charge is 2.25. The summed E-state index contributed by atoms with van der Waals surface area (Å²) in [5.74, 6) is 0.652. The lowest BCUT2D eigenvalue weighted by Crippen LogP contribution is -2.30. The van der Waals surface area contributed by atoms with E-state index in [0.29, 0.717) is 18.7 Å². The van der Waals surface area contributed by atoms with Gasteiger partial charge in [-0.3, -0.25) is 9.59 Å². The molecule has 2 heterocycles. The number of nitrogens with zero attached hydrogens (tertiary/aromatic N) is 2. The van der Waals surface area contributed by atoms with Crippen molar-refractivity contribution in [2.24, 2.45) is 0 Å². The number of carbonyl (C=O) groups excluding carboxylic acids is 2. The number of rotatable bonds is 4. The first-order valence-corrected chi connectivity index (χ1v) is 9.35. The molecule has 28 heavy (non-hydrogen) atoms. The van der Waals surface area contributed by atoms with Crippen LogP contribution in [0.4, 0.5) is 11.4 Å². The minimum atomic E-state index is -0.0932. The van der Waals surface area contributed by atoms with Gasteiger partial charge in [-0.15, -0.1) is 0 Å². The number of benzene rings is 2. The van der Waals surface area contributed by atoms with Gasteiger partial charge in [0.05, 0.1) is 12.8 Å². The first-order valence-electron chi connectivity index (χ1n) is 9.35. The van der Waals surface area contributed by atoms with Gasteiger partial charge in [0, 0.05) is 30.4 Å². The molecule has 2 aromatic carbocycles. The molecule has 0 spiro atoms. The minimum Gasteiger partial charge on any atom is -0.467 e. The van der Waals surface area contributed by atoms with Crippen molar-refractivity contribution in [1.82, 2.24) is 0 Å². The average Bonchev–Trinajstić information content (AvgIpc) is 3.35. The second-order valence-corrected chi connectivity index (χ2v) is 7.07. The lowest BCUT2D eigenvalue weighted by atomic mass is 10.1. The molecule has 0 saturated carbocycles. The summed E-state index contributed by atoms with van der Waals surface area (Å²) in [6, 6.07) is 17.1. The SMILES string of the molecule is CC(=O)N1CCc2cc(C(=O)N(Cc3ccco3)c3ccc(C)cc3)ccc21. The third-order valence-electron chi connectivity index (χ3n) is 5.09. The third kappa shape index (κ3) is 3.43. The van der Waals surface area contributed by atoms with E-state index in [1.807, 2.05) is 55.5 Å². The Morgan fingerprint density at radius 1 is 1.11 bits per heavy atom. The summed E-state index contributed by atoms with van der Waals surface area (Å²) in [4.78, 5) is 28.6. The number of hydrogen-bond acceptors (Lipinski definition) is 3. The predicted molar refractivity (Wildman–Crippen MR) is 109 cm³/mol. The van der Waals surface area contributed by atoms with E-state index < -0.39 is 0 Å². The van der Waals surface area contributed by atoms with Crippen molar-refractivity contribution in [2.75, 3.05) is 16.3 Å². The summed E-state index contributed by atoms with van der Waals surface area (Å²) in [6.45, 7) is 4.60. The molecule has 0 radical (unpaired) electrons. The quantitative estimate of drug-likeness (QED) is 0.682. The van der Waals surface area contributed by atoms with Crippen LogP contribution in [-0.2, 0) is 17.8 Å². The van der Waals surface area contributed by atoms with Crippen LogP contribution in [0, 0.1) is 6.92 Å². The van der Waals surface area contributed by atoms with Gasteiger partial charge in [-0.1, -0.05) is 17.7 Å². The van der Waals surface area contributed by atoms with E-state index in [9.17, 15) is 9.59 Å². The first-order chi connectivity index (χ1) is 13.5. The molecule has 1 aromatic heterocycles. The second-order valence-electron chi connectivity index (χ2n) is 7.07. The standard InChI is InChI=1S/C23H22N2O3/c1-16-5-8-20(9-6-16)25(15-21-4-3-13-28-21)23(27)19-7-10-22-18(14-19)11-12-24(22)17(2)26/h3-10,13-14H,11-12,15H2,1-2H3. The average molecular weight is 374 g/mol. The fourth-order valence-electron chi connectivity index (χ4n) is 3.58. The van der Waals surface area contributed by atoms with Crippen LogP contribution in [0.3, 0.4) is 0 Å². The van der Waals surface area contributed by atoms with Crippen LogP contribution in [0.15, 0.2) is 65.3 Å². The second kappa shape index (κ2) is 7.35. The van der Waals surface area contributed by atoms with Crippen molar-refractivity contribution >= 4 is 23.2 Å². The lowest BCUT2D eigenvalue weighted by molar-refractivity contribution is -0.116. The normalized spacial score (nSPS) is 12.7. The molecular weight excluding hydrogens is 352 g/mol. The molecule has 0 bridgehead atoms. The van der Waals surface area contributed by atoms with E-state index >= 15 is 0 Å². The van der Waals surface area contributed by atoms with Gasteiger partial charge in [0.2, 0.25) is 5.91 Å². The summed E-state index contributed by atoms with van der Waals surface area (Å²) >= 11 is 0. The zero-order valence-corrected chi connectivity index (χ0v) is 16.0. The third-order valence-corrected chi connectivity index (χ3v) is 5.09. The summed E-state index contributed by atoms with van der Waals surface area (Å²) in [6.07, 6.45) is 2.37. The maximum Gasteiger partial charge on any atom is 0.258 e. The van der Waals surface area contributed by atoms with Gasteiger partial charge in [0.15, 0.2) is 0 Å². The Bertz CT molecular complexity index is 1010. The van der Waals surface area contributed by atoms with Crippen LogP contribution >= 0.6 is 0 Å². The highest BCUT2D eigenvalue weighted by atomic mass is 16.3. The molecule has 1 aliphatic heterocycles. The molecule has 0 aliphatic carbocycles. The van der Waals surface area contributed by atoms with E-state index in [0.717, 1.165) is 34.7 Å². The predicted octanol–water partition coefficient (Wildman–Crippen LogP) is 4.34. The molecular formula is C23H22N2O3. The molecule has 0 unspecified atom stereocenters. The number of furan rings is 1. The van der Waals surface area contributed by atoms with Crippen LogP contribution in [0.25, 0.3) is 0 Å². The Labute approximate surface area is 164 Å². The van der Waals surface area contributed by atoms with Gasteiger partial charge >= 0.3 is 0 Å². The monoisotopic (exact) mass is 374 g/mol. The van der Waals surface area contributed by atoms with Crippen molar-refractivity contribution < 1.29 is 14.0 Å². The van der Waals surface area contributed by atoms with Gasteiger partial charge in [0.1, 0.15) is 5.76 Å². The fraction of sp³-hybridized carbons (Fsp3) is 0.217. The number of amides is 2. The van der Waals surface area contributed by atoms with Crippen molar-refractivity contribution in [3.8, 4) is 0 Å². The number of carbonyl (C=O) groups is 2. The van der Waals surface area contributed by atoms with Gasteiger partial charge in [0.25, 0.3) is 5.91 Å². The molecule has 1 aliphatic rings. The Morgan fingerprint density at radius 3 is 2.57 bits per heavy atom. The zero-order chi connectivity index (χ0) is 19.7. The largest absolute Gasteiger partial charge is 0.467 e. The molecule has 0 atom stereocenters. The highest BCUT2D eigenvalue weighted by Crippen LogP contribution is 2.30. The summed E-state index contributed by atoms with van der Waals surface area (Å²) in [5.41, 5.74) is 4.49. The molecule has 5 nitrogen and oxygen atoms in total. The van der Waals surface area contributed by atoms with Crippen LogP contribution in [0.2, 0.25) is 0 Å².